The monoisotopic (exact) mass is 422 g/mol. The van der Waals surface area contributed by atoms with Gasteiger partial charge in [0.2, 0.25) is 0 Å². The Morgan fingerprint density at radius 1 is 0.844 bits per heavy atom. The van der Waals surface area contributed by atoms with Crippen LogP contribution in [0.5, 0.6) is 0 Å². The van der Waals surface area contributed by atoms with Crippen molar-refractivity contribution in [3.63, 3.8) is 0 Å². The van der Waals surface area contributed by atoms with Crippen molar-refractivity contribution in [3.8, 4) is 11.1 Å². The number of benzene rings is 3. The van der Waals surface area contributed by atoms with Crippen molar-refractivity contribution < 1.29 is 14.0 Å². The number of anilines is 2. The van der Waals surface area contributed by atoms with Gasteiger partial charge in [-0.25, -0.2) is 0 Å². The minimum Gasteiger partial charge on any atom is -0.459 e. The predicted octanol–water partition coefficient (Wildman–Crippen LogP) is 5.79. The van der Waals surface area contributed by atoms with Crippen molar-refractivity contribution >= 4 is 23.2 Å². The predicted molar refractivity (Wildman–Crippen MR) is 125 cm³/mol. The Morgan fingerprint density at radius 3 is 2.38 bits per heavy atom. The lowest BCUT2D eigenvalue weighted by Crippen LogP contribution is -2.35. The first kappa shape index (κ1) is 19.8. The van der Waals surface area contributed by atoms with Crippen LogP contribution in [0.1, 0.15) is 32.9 Å². The maximum absolute atomic E-state index is 12.8. The van der Waals surface area contributed by atoms with Gasteiger partial charge in [-0.15, -0.1) is 0 Å². The first-order valence-electron chi connectivity index (χ1n) is 10.6. The topological polar surface area (TPSA) is 62.6 Å². The number of rotatable bonds is 4. The van der Waals surface area contributed by atoms with E-state index in [1.807, 2.05) is 72.8 Å². The molecule has 0 aliphatic carbocycles. The van der Waals surface area contributed by atoms with Crippen molar-refractivity contribution in [2.24, 2.45) is 0 Å². The van der Waals surface area contributed by atoms with Crippen LogP contribution < -0.4 is 10.2 Å². The molecule has 4 aromatic rings. The molecule has 0 unspecified atom stereocenters. The second kappa shape index (κ2) is 8.55. The minimum atomic E-state index is -0.163. The van der Waals surface area contributed by atoms with Gasteiger partial charge in [0.1, 0.15) is 0 Å². The van der Waals surface area contributed by atoms with Crippen molar-refractivity contribution in [2.45, 2.75) is 12.8 Å². The summed E-state index contributed by atoms with van der Waals surface area (Å²) >= 11 is 0. The number of amides is 2. The summed E-state index contributed by atoms with van der Waals surface area (Å²) in [4.78, 5) is 27.3. The van der Waals surface area contributed by atoms with Crippen LogP contribution in [0.4, 0.5) is 11.4 Å². The fourth-order valence-corrected chi connectivity index (χ4v) is 4.07. The molecule has 3 aromatic carbocycles. The molecule has 0 bridgehead atoms. The quantitative estimate of drug-likeness (QED) is 0.453. The SMILES string of the molecule is O=C(Nc1ccc2c(c1)CCCN2C(=O)c1ccco1)c1ccc(-c2ccccc2)cc1. The average Bonchev–Trinajstić information content (AvgIpc) is 3.39. The normalized spacial score (nSPS) is 12.8. The van der Waals surface area contributed by atoms with Crippen molar-refractivity contribution in [1.82, 2.24) is 0 Å². The molecule has 158 valence electrons. The summed E-state index contributed by atoms with van der Waals surface area (Å²) in [6, 6.07) is 26.7. The molecule has 0 atom stereocenters. The number of hydrogen-bond acceptors (Lipinski definition) is 3. The second-order valence-electron chi connectivity index (χ2n) is 7.78. The van der Waals surface area contributed by atoms with Crippen LogP contribution in [-0.2, 0) is 6.42 Å². The van der Waals surface area contributed by atoms with Gasteiger partial charge in [0.05, 0.1) is 6.26 Å². The highest BCUT2D eigenvalue weighted by Gasteiger charge is 2.25. The van der Waals surface area contributed by atoms with Crippen LogP contribution in [-0.4, -0.2) is 18.4 Å². The Kier molecular flexibility index (Phi) is 5.30. The molecule has 2 amide bonds. The fourth-order valence-electron chi connectivity index (χ4n) is 4.07. The average molecular weight is 422 g/mol. The Bertz CT molecular complexity index is 1250. The van der Waals surface area contributed by atoms with E-state index in [1.54, 1.807) is 17.0 Å². The third kappa shape index (κ3) is 3.93. The highest BCUT2D eigenvalue weighted by Crippen LogP contribution is 2.31. The van der Waals surface area contributed by atoms with Gasteiger partial charge in [0, 0.05) is 23.5 Å². The Labute approximate surface area is 186 Å². The molecule has 1 aromatic heterocycles. The van der Waals surface area contributed by atoms with Gasteiger partial charge in [-0.05, 0) is 72.0 Å². The maximum Gasteiger partial charge on any atom is 0.293 e. The van der Waals surface area contributed by atoms with E-state index in [2.05, 4.69) is 5.32 Å². The zero-order valence-electron chi connectivity index (χ0n) is 17.5. The van der Waals surface area contributed by atoms with Crippen molar-refractivity contribution in [3.05, 3.63) is 108 Å². The van der Waals surface area contributed by atoms with Crippen molar-refractivity contribution in [2.75, 3.05) is 16.8 Å². The molecular formula is C27H22N2O3. The standard InChI is InChI=1S/C27H22N2O3/c30-26(21-12-10-20(11-13-21)19-6-2-1-3-7-19)28-23-14-15-24-22(18-23)8-4-16-29(24)27(31)25-9-5-17-32-25/h1-3,5-7,9-15,17-18H,4,8,16H2,(H,28,30). The molecule has 1 aliphatic rings. The van der Waals surface area contributed by atoms with Gasteiger partial charge < -0.3 is 14.6 Å². The molecule has 2 heterocycles. The Morgan fingerprint density at radius 2 is 1.62 bits per heavy atom. The number of fused-ring (bicyclic) bond motifs is 1. The largest absolute Gasteiger partial charge is 0.459 e. The van der Waals surface area contributed by atoms with E-state index in [0.717, 1.165) is 35.2 Å². The second-order valence-corrected chi connectivity index (χ2v) is 7.78. The van der Waals surface area contributed by atoms with Crippen LogP contribution in [0.2, 0.25) is 0 Å². The fraction of sp³-hybridized carbons (Fsp3) is 0.111. The summed E-state index contributed by atoms with van der Waals surface area (Å²) in [6.07, 6.45) is 3.22. The van der Waals surface area contributed by atoms with E-state index in [9.17, 15) is 9.59 Å². The third-order valence-corrected chi connectivity index (χ3v) is 5.69. The van der Waals surface area contributed by atoms with Gasteiger partial charge in [-0.2, -0.15) is 0 Å². The molecule has 0 spiro atoms. The van der Waals surface area contributed by atoms with Gasteiger partial charge in [-0.1, -0.05) is 42.5 Å². The Balaban J connectivity index is 1.32. The van der Waals surface area contributed by atoms with E-state index in [4.69, 9.17) is 4.42 Å². The molecule has 0 saturated carbocycles. The minimum absolute atomic E-state index is 0.147. The van der Waals surface area contributed by atoms with E-state index in [1.165, 1.54) is 6.26 Å². The molecule has 1 N–H and O–H groups in total. The summed E-state index contributed by atoms with van der Waals surface area (Å²) in [6.45, 7) is 0.645. The zero-order valence-corrected chi connectivity index (χ0v) is 17.5. The Hall–Kier alpha value is -4.12. The van der Waals surface area contributed by atoms with E-state index in [-0.39, 0.29) is 11.8 Å². The summed E-state index contributed by atoms with van der Waals surface area (Å²) < 4.78 is 5.28. The molecule has 5 nitrogen and oxygen atoms in total. The molecule has 1 aliphatic heterocycles. The molecular weight excluding hydrogens is 400 g/mol. The van der Waals surface area contributed by atoms with Crippen LogP contribution in [0, 0.1) is 0 Å². The van der Waals surface area contributed by atoms with Gasteiger partial charge >= 0.3 is 0 Å². The lowest BCUT2D eigenvalue weighted by molar-refractivity contribution is 0.0957. The zero-order chi connectivity index (χ0) is 21.9. The summed E-state index contributed by atoms with van der Waals surface area (Å²) in [5.41, 5.74) is 5.39. The first-order valence-corrected chi connectivity index (χ1v) is 10.6. The molecule has 5 heteroatoms. The third-order valence-electron chi connectivity index (χ3n) is 5.69. The van der Waals surface area contributed by atoms with Gasteiger partial charge in [0.15, 0.2) is 5.76 Å². The van der Waals surface area contributed by atoms with E-state index >= 15 is 0 Å². The number of hydrogen-bond donors (Lipinski definition) is 1. The summed E-state index contributed by atoms with van der Waals surface area (Å²) in [7, 11) is 0. The van der Waals surface area contributed by atoms with Crippen LogP contribution in [0.3, 0.4) is 0 Å². The molecule has 0 radical (unpaired) electrons. The van der Waals surface area contributed by atoms with E-state index < -0.39 is 0 Å². The first-order chi connectivity index (χ1) is 15.7. The smallest absolute Gasteiger partial charge is 0.293 e. The van der Waals surface area contributed by atoms with E-state index in [0.29, 0.717) is 23.6 Å². The van der Waals surface area contributed by atoms with Crippen LogP contribution in [0.15, 0.2) is 95.6 Å². The number of nitrogens with zero attached hydrogens (tertiary/aromatic N) is 1. The van der Waals surface area contributed by atoms with Crippen molar-refractivity contribution in [1.29, 1.82) is 0 Å². The van der Waals surface area contributed by atoms with Gasteiger partial charge in [-0.3, -0.25) is 9.59 Å². The summed E-state index contributed by atoms with van der Waals surface area (Å²) in [5, 5.41) is 2.98. The molecule has 5 rings (SSSR count). The lowest BCUT2D eigenvalue weighted by Gasteiger charge is -2.29. The van der Waals surface area contributed by atoms with Gasteiger partial charge in [0.25, 0.3) is 11.8 Å². The highest BCUT2D eigenvalue weighted by molar-refractivity contribution is 6.06. The van der Waals surface area contributed by atoms with Crippen LogP contribution >= 0.6 is 0 Å². The lowest BCUT2D eigenvalue weighted by atomic mass is 10.0. The maximum atomic E-state index is 12.8. The molecule has 0 saturated heterocycles. The number of carbonyl (C=O) groups excluding carboxylic acids is 2. The number of carbonyl (C=O) groups is 2. The summed E-state index contributed by atoms with van der Waals surface area (Å²) in [5.74, 6) is 0.0179. The molecule has 0 fully saturated rings. The number of furan rings is 1. The highest BCUT2D eigenvalue weighted by atomic mass is 16.3. The molecule has 32 heavy (non-hydrogen) atoms. The number of aryl methyl sites for hydroxylation is 1. The van der Waals surface area contributed by atoms with Crippen LogP contribution in [0.25, 0.3) is 11.1 Å². The number of nitrogens with one attached hydrogen (secondary N) is 1.